The van der Waals surface area contributed by atoms with Crippen molar-refractivity contribution < 1.29 is 4.79 Å². The molecule has 0 unspecified atom stereocenters. The highest BCUT2D eigenvalue weighted by Gasteiger charge is 1.91. The number of hydrogen-bond acceptors (Lipinski definition) is 2. The first-order valence-corrected chi connectivity index (χ1v) is 6.15. The molecular formula is C14H16OS. The molecule has 1 heterocycles. The van der Waals surface area contributed by atoms with Gasteiger partial charge in [-0.25, -0.2) is 0 Å². The van der Waals surface area contributed by atoms with E-state index in [1.54, 1.807) is 11.3 Å². The van der Waals surface area contributed by atoms with E-state index in [-0.39, 0.29) is 0 Å². The maximum absolute atomic E-state index is 10.3. The average Bonchev–Trinajstić information content (AvgIpc) is 2.65. The van der Waals surface area contributed by atoms with Gasteiger partial charge in [-0.3, -0.25) is 4.79 Å². The monoisotopic (exact) mass is 232 g/mol. The molecule has 0 aromatic carbocycles. The summed E-state index contributed by atoms with van der Waals surface area (Å²) in [5, 5.41) is 4.20. The van der Waals surface area contributed by atoms with Crippen molar-refractivity contribution in [3.8, 4) is 0 Å². The Hall–Kier alpha value is -1.41. The van der Waals surface area contributed by atoms with Crippen LogP contribution >= 0.6 is 11.3 Å². The minimum Gasteiger partial charge on any atom is -0.298 e. The lowest BCUT2D eigenvalue weighted by Gasteiger charge is -1.83. The predicted molar refractivity (Wildman–Crippen MR) is 70.7 cm³/mol. The highest BCUT2D eigenvalue weighted by molar-refractivity contribution is 7.07. The van der Waals surface area contributed by atoms with Crippen LogP contribution < -0.4 is 0 Å². The fourth-order valence-corrected chi connectivity index (χ4v) is 1.83. The van der Waals surface area contributed by atoms with Crippen LogP contribution in [0.15, 0.2) is 52.3 Å². The van der Waals surface area contributed by atoms with Gasteiger partial charge in [0.1, 0.15) is 6.29 Å². The van der Waals surface area contributed by atoms with Crippen LogP contribution in [-0.2, 0) is 4.79 Å². The molecule has 1 aliphatic carbocycles. The summed E-state index contributed by atoms with van der Waals surface area (Å²) in [6.45, 7) is 4.12. The summed E-state index contributed by atoms with van der Waals surface area (Å²) in [7, 11) is 0. The summed E-state index contributed by atoms with van der Waals surface area (Å²) in [5.74, 6) is 0. The van der Waals surface area contributed by atoms with Crippen molar-refractivity contribution in [3.05, 3.63) is 57.8 Å². The van der Waals surface area contributed by atoms with Crippen LogP contribution in [0.3, 0.4) is 0 Å². The first-order chi connectivity index (χ1) is 7.72. The second-order valence-electron chi connectivity index (χ2n) is 3.64. The molecule has 84 valence electrons. The van der Waals surface area contributed by atoms with E-state index < -0.39 is 0 Å². The molecule has 1 aliphatic rings. The molecule has 1 aromatic rings. The SMILES string of the molecule is CC1=CCC=C(C=O)C=C1.Cc1ccsc1. The van der Waals surface area contributed by atoms with E-state index in [1.165, 1.54) is 11.1 Å². The third-order valence-electron chi connectivity index (χ3n) is 2.13. The first-order valence-electron chi connectivity index (χ1n) is 5.21. The summed E-state index contributed by atoms with van der Waals surface area (Å²) >= 11 is 1.74. The molecule has 0 fully saturated rings. The summed E-state index contributed by atoms with van der Waals surface area (Å²) in [6.07, 6.45) is 9.54. The molecule has 16 heavy (non-hydrogen) atoms. The van der Waals surface area contributed by atoms with Crippen molar-refractivity contribution in [2.75, 3.05) is 0 Å². The molecule has 0 N–H and O–H groups in total. The van der Waals surface area contributed by atoms with Crippen molar-refractivity contribution in [3.63, 3.8) is 0 Å². The van der Waals surface area contributed by atoms with Gasteiger partial charge in [-0.15, -0.1) is 0 Å². The molecule has 0 radical (unpaired) electrons. The van der Waals surface area contributed by atoms with E-state index >= 15 is 0 Å². The Morgan fingerprint density at radius 3 is 2.56 bits per heavy atom. The van der Waals surface area contributed by atoms with Crippen LogP contribution in [0.2, 0.25) is 0 Å². The van der Waals surface area contributed by atoms with Crippen LogP contribution in [0, 0.1) is 6.92 Å². The lowest BCUT2D eigenvalue weighted by atomic mass is 10.2. The maximum Gasteiger partial charge on any atom is 0.149 e. The fourth-order valence-electron chi connectivity index (χ4n) is 1.16. The van der Waals surface area contributed by atoms with E-state index in [4.69, 9.17) is 0 Å². The third kappa shape index (κ3) is 4.89. The van der Waals surface area contributed by atoms with Gasteiger partial charge in [0.05, 0.1) is 0 Å². The number of allylic oxidation sites excluding steroid dienone is 6. The number of thiophene rings is 1. The highest BCUT2D eigenvalue weighted by atomic mass is 32.1. The van der Waals surface area contributed by atoms with Gasteiger partial charge in [-0.2, -0.15) is 11.3 Å². The number of hydrogen-bond donors (Lipinski definition) is 0. The Bertz CT molecular complexity index is 408. The Balaban J connectivity index is 0.000000181. The molecule has 0 aliphatic heterocycles. The van der Waals surface area contributed by atoms with Gasteiger partial charge >= 0.3 is 0 Å². The van der Waals surface area contributed by atoms with Gasteiger partial charge in [-0.05, 0) is 42.7 Å². The lowest BCUT2D eigenvalue weighted by Crippen LogP contribution is -1.75. The van der Waals surface area contributed by atoms with Crippen LogP contribution in [0.1, 0.15) is 18.9 Å². The number of aldehydes is 1. The number of carbonyl (C=O) groups excluding carboxylic acids is 1. The van der Waals surface area contributed by atoms with E-state index in [0.717, 1.165) is 18.3 Å². The van der Waals surface area contributed by atoms with Gasteiger partial charge in [0.25, 0.3) is 0 Å². The third-order valence-corrected chi connectivity index (χ3v) is 2.93. The van der Waals surface area contributed by atoms with Crippen molar-refractivity contribution in [1.82, 2.24) is 0 Å². The van der Waals surface area contributed by atoms with E-state index in [0.29, 0.717) is 0 Å². The quantitative estimate of drug-likeness (QED) is 0.667. The molecule has 2 heteroatoms. The van der Waals surface area contributed by atoms with Gasteiger partial charge in [-0.1, -0.05) is 29.9 Å². The van der Waals surface area contributed by atoms with Crippen molar-refractivity contribution in [2.45, 2.75) is 20.3 Å². The van der Waals surface area contributed by atoms with Gasteiger partial charge in [0.2, 0.25) is 0 Å². The zero-order valence-electron chi connectivity index (χ0n) is 9.64. The minimum atomic E-state index is 0.771. The standard InChI is InChI=1S/C9H10O.C5H6S/c1-8-3-2-4-9(7-10)6-5-8;1-5-2-3-6-4-5/h3-7H,2H2,1H3;2-4H,1H3. The molecule has 0 spiro atoms. The number of aryl methyl sites for hydroxylation is 1. The summed E-state index contributed by atoms with van der Waals surface area (Å²) in [6, 6.07) is 2.10. The Morgan fingerprint density at radius 2 is 2.06 bits per heavy atom. The molecule has 1 aromatic heterocycles. The predicted octanol–water partition coefficient (Wildman–Crippen LogP) is 4.07. The van der Waals surface area contributed by atoms with Gasteiger partial charge in [0.15, 0.2) is 0 Å². The fraction of sp³-hybridized carbons (Fsp3) is 0.214. The summed E-state index contributed by atoms with van der Waals surface area (Å²) in [5.41, 5.74) is 3.35. The normalized spacial score (nSPS) is 14.1. The second kappa shape index (κ2) is 6.96. The molecule has 0 amide bonds. The molecular weight excluding hydrogens is 216 g/mol. The maximum atomic E-state index is 10.3. The molecule has 0 bridgehead atoms. The Kier molecular flexibility index (Phi) is 5.51. The highest BCUT2D eigenvalue weighted by Crippen LogP contribution is 2.07. The molecule has 1 nitrogen and oxygen atoms in total. The minimum absolute atomic E-state index is 0.771. The number of carbonyl (C=O) groups is 1. The second-order valence-corrected chi connectivity index (χ2v) is 4.42. The van der Waals surface area contributed by atoms with Crippen molar-refractivity contribution >= 4 is 17.6 Å². The van der Waals surface area contributed by atoms with Crippen LogP contribution in [-0.4, -0.2) is 6.29 Å². The molecule has 0 atom stereocenters. The number of rotatable bonds is 1. The smallest absolute Gasteiger partial charge is 0.149 e. The summed E-state index contributed by atoms with van der Waals surface area (Å²) < 4.78 is 0. The molecule has 2 rings (SSSR count). The van der Waals surface area contributed by atoms with Crippen LogP contribution in [0.5, 0.6) is 0 Å². The average molecular weight is 232 g/mol. The Morgan fingerprint density at radius 1 is 1.25 bits per heavy atom. The van der Waals surface area contributed by atoms with E-state index in [9.17, 15) is 4.79 Å². The van der Waals surface area contributed by atoms with E-state index in [1.807, 2.05) is 25.2 Å². The first kappa shape index (κ1) is 12.7. The van der Waals surface area contributed by atoms with Crippen LogP contribution in [0.4, 0.5) is 0 Å². The topological polar surface area (TPSA) is 17.1 Å². The lowest BCUT2D eigenvalue weighted by molar-refractivity contribution is -0.104. The zero-order chi connectivity index (χ0) is 11.8. The Labute approximate surface area is 101 Å². The summed E-state index contributed by atoms with van der Waals surface area (Å²) in [4.78, 5) is 10.3. The molecule has 0 saturated heterocycles. The van der Waals surface area contributed by atoms with E-state index in [2.05, 4.69) is 29.8 Å². The van der Waals surface area contributed by atoms with Gasteiger partial charge < -0.3 is 0 Å². The van der Waals surface area contributed by atoms with Crippen molar-refractivity contribution in [2.24, 2.45) is 0 Å². The van der Waals surface area contributed by atoms with Crippen molar-refractivity contribution in [1.29, 1.82) is 0 Å². The molecule has 0 saturated carbocycles. The zero-order valence-corrected chi connectivity index (χ0v) is 10.5. The largest absolute Gasteiger partial charge is 0.298 e. The van der Waals surface area contributed by atoms with Gasteiger partial charge in [0, 0.05) is 5.57 Å². The van der Waals surface area contributed by atoms with Crippen LogP contribution in [0.25, 0.3) is 0 Å².